The van der Waals surface area contributed by atoms with Crippen molar-refractivity contribution in [3.8, 4) is 5.69 Å². The van der Waals surface area contributed by atoms with E-state index < -0.39 is 0 Å². The first-order valence-electron chi connectivity index (χ1n) is 9.27. The molecule has 0 radical (unpaired) electrons. The van der Waals surface area contributed by atoms with Crippen LogP contribution in [0.25, 0.3) is 27.4 Å². The summed E-state index contributed by atoms with van der Waals surface area (Å²) in [6.45, 7) is 2.20. The summed E-state index contributed by atoms with van der Waals surface area (Å²) in [6.07, 6.45) is 4.62. The molecule has 5 aromatic rings. The minimum atomic E-state index is 0. The fraction of sp³-hybridized carbons (Fsp3) is 0.120. The largest absolute Gasteiger partial charge is 4.00 e. The molecule has 0 N–H and O–H groups in total. The Balaban J connectivity index is 0.000000332. The van der Waals surface area contributed by atoms with Crippen LogP contribution in [0, 0.1) is 0 Å². The van der Waals surface area contributed by atoms with Gasteiger partial charge in [-0.2, -0.15) is 17.7 Å². The number of para-hydroxylation sites is 1. The predicted molar refractivity (Wildman–Crippen MR) is 112 cm³/mol. The van der Waals surface area contributed by atoms with E-state index in [-0.39, 0.29) is 46.5 Å². The maximum Gasteiger partial charge on any atom is 4.00 e. The molecule has 0 amide bonds. The van der Waals surface area contributed by atoms with Gasteiger partial charge >= 0.3 is 21.7 Å². The van der Waals surface area contributed by atoms with E-state index in [0.717, 1.165) is 0 Å². The third-order valence-electron chi connectivity index (χ3n) is 4.75. The molecule has 0 fully saturated rings. The van der Waals surface area contributed by atoms with Crippen LogP contribution < -0.4 is 24.8 Å². The van der Waals surface area contributed by atoms with Crippen molar-refractivity contribution in [2.75, 3.05) is 0 Å². The molecule has 0 aliphatic carbocycles. The summed E-state index contributed by atoms with van der Waals surface area (Å²) in [5.41, 5.74) is 3.96. The van der Waals surface area contributed by atoms with E-state index in [1.807, 2.05) is 0 Å². The van der Waals surface area contributed by atoms with E-state index in [1.165, 1.54) is 45.8 Å². The third kappa shape index (κ3) is 5.87. The number of aryl methyl sites for hydroxylation is 1. The molecule has 0 atom stereocenters. The second-order valence-corrected chi connectivity index (χ2v) is 6.63. The van der Waals surface area contributed by atoms with Crippen molar-refractivity contribution in [2.24, 2.45) is 0 Å². The average Bonchev–Trinajstić information content (AvgIpc) is 3.41. The Kier molecular flexibility index (Phi) is 10.5. The maximum atomic E-state index is 2.25. The summed E-state index contributed by atoms with van der Waals surface area (Å²) >= 11 is 0. The van der Waals surface area contributed by atoms with Crippen LogP contribution in [0.2, 0.25) is 0 Å². The molecule has 146 valence electrons. The maximum absolute atomic E-state index is 2.25. The van der Waals surface area contributed by atoms with Crippen molar-refractivity contribution >= 4 is 21.7 Å². The Labute approximate surface area is 200 Å². The quantitative estimate of drug-likeness (QED) is 0.281. The Morgan fingerprint density at radius 2 is 1.48 bits per heavy atom. The van der Waals surface area contributed by atoms with Gasteiger partial charge in [0.1, 0.15) is 0 Å². The third-order valence-corrected chi connectivity index (χ3v) is 4.75. The van der Waals surface area contributed by atoms with Gasteiger partial charge in [0.05, 0.1) is 5.52 Å². The van der Waals surface area contributed by atoms with Crippen LogP contribution in [0.1, 0.15) is 18.9 Å². The summed E-state index contributed by atoms with van der Waals surface area (Å²) in [6, 6.07) is 32.1. The molecular formula is C25H23Cl2NTi. The van der Waals surface area contributed by atoms with E-state index in [2.05, 4.69) is 109 Å². The van der Waals surface area contributed by atoms with Gasteiger partial charge in [0.15, 0.2) is 0 Å². The summed E-state index contributed by atoms with van der Waals surface area (Å²) in [4.78, 5) is 0. The van der Waals surface area contributed by atoms with E-state index >= 15 is 0 Å². The van der Waals surface area contributed by atoms with E-state index in [9.17, 15) is 0 Å². The van der Waals surface area contributed by atoms with Gasteiger partial charge in [-0.3, -0.25) is 0 Å². The van der Waals surface area contributed by atoms with E-state index in [4.69, 9.17) is 0 Å². The number of nitrogens with zero attached hydrogens (tertiary/aromatic N) is 1. The van der Waals surface area contributed by atoms with Crippen LogP contribution in [0.5, 0.6) is 0 Å². The molecule has 0 aliphatic heterocycles. The van der Waals surface area contributed by atoms with Crippen molar-refractivity contribution in [3.63, 3.8) is 0 Å². The first kappa shape index (κ1) is 25.3. The molecule has 0 bridgehead atoms. The van der Waals surface area contributed by atoms with Crippen LogP contribution in [-0.2, 0) is 28.1 Å². The van der Waals surface area contributed by atoms with Gasteiger partial charge in [0.25, 0.3) is 0 Å². The van der Waals surface area contributed by atoms with Crippen LogP contribution >= 0.6 is 0 Å². The number of fused-ring (bicyclic) bond motifs is 2. The topological polar surface area (TPSA) is 4.93 Å². The van der Waals surface area contributed by atoms with Crippen LogP contribution in [-0.4, -0.2) is 4.57 Å². The van der Waals surface area contributed by atoms with Crippen molar-refractivity contribution in [2.45, 2.75) is 19.8 Å². The normalized spacial score (nSPS) is 9.69. The Hall–Kier alpha value is -1.77. The molecule has 0 saturated carbocycles. The standard InChI is InChI=1S/C17H12N.C8H11.2ClH.Ti/c1-2-7-15-12-16(11-14(15)6-1)18-10-9-13-5-3-4-8-17(13)18;1-2-5-8-6-3-4-7-8;;;/h1-12H;3-4,6-7H,2,5H2,1H3;2*1H;/q2*-1;;;+4/p-2. The molecule has 0 saturated heterocycles. The molecular weight excluding hydrogens is 433 g/mol. The van der Waals surface area contributed by atoms with Gasteiger partial charge in [-0.25, -0.2) is 12.1 Å². The van der Waals surface area contributed by atoms with Crippen molar-refractivity contribution < 1.29 is 46.5 Å². The van der Waals surface area contributed by atoms with Crippen LogP contribution in [0.4, 0.5) is 0 Å². The fourth-order valence-electron chi connectivity index (χ4n) is 3.45. The minimum absolute atomic E-state index is 0. The number of rotatable bonds is 3. The van der Waals surface area contributed by atoms with Gasteiger partial charge in [-0.15, -0.1) is 41.1 Å². The van der Waals surface area contributed by atoms with Gasteiger partial charge in [0.2, 0.25) is 0 Å². The molecule has 29 heavy (non-hydrogen) atoms. The summed E-state index contributed by atoms with van der Waals surface area (Å²) in [5.74, 6) is 0. The van der Waals surface area contributed by atoms with Gasteiger partial charge in [0, 0.05) is 6.20 Å². The molecule has 0 aliphatic rings. The second-order valence-electron chi connectivity index (χ2n) is 6.63. The molecule has 1 nitrogen and oxygen atoms in total. The van der Waals surface area contributed by atoms with Crippen molar-refractivity contribution in [1.29, 1.82) is 0 Å². The SMILES string of the molecule is CCC[c-]1cccc1.[Cl-].[Cl-].[Ti+4].c1ccc2[cH-]c(-n3ccc4ccccc43)cc2c1. The first-order valence-corrected chi connectivity index (χ1v) is 9.27. The van der Waals surface area contributed by atoms with Crippen molar-refractivity contribution in [1.82, 2.24) is 4.57 Å². The zero-order valence-electron chi connectivity index (χ0n) is 16.4. The minimum Gasteiger partial charge on any atom is -1.00 e. The molecule has 0 spiro atoms. The van der Waals surface area contributed by atoms with Gasteiger partial charge < -0.3 is 29.4 Å². The molecule has 1 aromatic heterocycles. The summed E-state index contributed by atoms with van der Waals surface area (Å²) in [7, 11) is 0. The van der Waals surface area contributed by atoms with Gasteiger partial charge in [-0.1, -0.05) is 44.0 Å². The molecule has 4 heteroatoms. The van der Waals surface area contributed by atoms with Crippen LogP contribution in [0.15, 0.2) is 97.2 Å². The Morgan fingerprint density at radius 3 is 2.17 bits per heavy atom. The number of hydrogen-bond donors (Lipinski definition) is 0. The molecule has 5 rings (SSSR count). The van der Waals surface area contributed by atoms with E-state index in [0.29, 0.717) is 0 Å². The van der Waals surface area contributed by atoms with Gasteiger partial charge in [-0.05, 0) is 23.2 Å². The smallest absolute Gasteiger partial charge is 1.00 e. The monoisotopic (exact) mass is 455 g/mol. The van der Waals surface area contributed by atoms with Crippen LogP contribution in [0.3, 0.4) is 0 Å². The summed E-state index contributed by atoms with van der Waals surface area (Å²) < 4.78 is 2.25. The zero-order chi connectivity index (χ0) is 17.8. The zero-order valence-corrected chi connectivity index (χ0v) is 19.4. The number of aromatic nitrogens is 1. The molecule has 0 unspecified atom stereocenters. The van der Waals surface area contributed by atoms with E-state index in [1.54, 1.807) is 0 Å². The fourth-order valence-corrected chi connectivity index (χ4v) is 3.45. The first-order chi connectivity index (χ1) is 12.8. The molecule has 4 aromatic carbocycles. The molecule has 1 heterocycles. The van der Waals surface area contributed by atoms with Crippen molar-refractivity contribution in [3.05, 3.63) is 103 Å². The number of hydrogen-bond acceptors (Lipinski definition) is 0. The predicted octanol–water partition coefficient (Wildman–Crippen LogP) is 0.866. The summed E-state index contributed by atoms with van der Waals surface area (Å²) in [5, 5.41) is 3.87. The average molecular weight is 456 g/mol. The second kappa shape index (κ2) is 12.0. The number of benzene rings is 2. The Morgan fingerprint density at radius 1 is 0.828 bits per heavy atom. The number of halogens is 2. The Bertz CT molecular complexity index is 1070.